The van der Waals surface area contributed by atoms with Gasteiger partial charge in [-0.3, -0.25) is 4.79 Å². The minimum atomic E-state index is -3.72. The molecule has 2 aromatic rings. The van der Waals surface area contributed by atoms with Gasteiger partial charge in [0.05, 0.1) is 12.1 Å². The highest BCUT2D eigenvalue weighted by atomic mass is 32.2. The quantitative estimate of drug-likeness (QED) is 0.785. The highest BCUT2D eigenvalue weighted by molar-refractivity contribution is 7.91. The molecule has 3 rings (SSSR count). The van der Waals surface area contributed by atoms with Gasteiger partial charge in [-0.2, -0.15) is 9.71 Å². The molecule has 0 aliphatic heterocycles. The highest BCUT2D eigenvalue weighted by Crippen LogP contribution is 2.39. The Kier molecular flexibility index (Phi) is 4.94. The Bertz CT molecular complexity index is 866. The van der Waals surface area contributed by atoms with E-state index in [4.69, 9.17) is 4.52 Å². The molecule has 1 fully saturated rings. The predicted octanol–water partition coefficient (Wildman–Crippen LogP) is 1.82. The molecule has 1 aliphatic rings. The molecule has 2 N–H and O–H groups in total. The number of carbonyl (C=O) groups excluding carboxylic acids is 1. The average molecular weight is 384 g/mol. The molecule has 1 saturated carbocycles. The Morgan fingerprint density at radius 2 is 2.08 bits per heavy atom. The van der Waals surface area contributed by atoms with Gasteiger partial charge in [0, 0.05) is 18.7 Å². The van der Waals surface area contributed by atoms with Crippen LogP contribution in [0.5, 0.6) is 0 Å². The number of amides is 1. The molecule has 10 heteroatoms. The third kappa shape index (κ3) is 3.91. The molecule has 25 heavy (non-hydrogen) atoms. The topological polar surface area (TPSA) is 114 Å². The summed E-state index contributed by atoms with van der Waals surface area (Å²) in [5.41, 5.74) is -0.821. The molecule has 2 heterocycles. The molecule has 2 aromatic heterocycles. The monoisotopic (exact) mass is 384 g/mol. The lowest BCUT2D eigenvalue weighted by atomic mass is 9.99. The van der Waals surface area contributed by atoms with Crippen molar-refractivity contribution in [1.82, 2.24) is 20.2 Å². The zero-order valence-corrected chi connectivity index (χ0v) is 15.7. The summed E-state index contributed by atoms with van der Waals surface area (Å²) in [5.74, 6) is 0.642. The molecule has 8 nitrogen and oxygen atoms in total. The second-order valence-corrected chi connectivity index (χ2v) is 9.24. The third-order valence-corrected chi connectivity index (χ3v) is 7.27. The smallest absolute Gasteiger partial charge is 0.250 e. The Morgan fingerprint density at radius 1 is 1.36 bits per heavy atom. The molecule has 0 spiro atoms. The number of nitrogens with one attached hydrogen (secondary N) is 2. The summed E-state index contributed by atoms with van der Waals surface area (Å²) in [6, 6.07) is 3.25. The molecule has 0 saturated heterocycles. The van der Waals surface area contributed by atoms with Gasteiger partial charge in [0.2, 0.25) is 11.8 Å². The van der Waals surface area contributed by atoms with Gasteiger partial charge in [-0.15, -0.1) is 11.3 Å². The fraction of sp³-hybridized carbons (Fsp3) is 0.533. The minimum absolute atomic E-state index is 0.159. The first kappa shape index (κ1) is 18.0. The van der Waals surface area contributed by atoms with Crippen LogP contribution in [0.15, 0.2) is 20.9 Å². The van der Waals surface area contributed by atoms with Crippen LogP contribution in [0.25, 0.3) is 0 Å². The van der Waals surface area contributed by atoms with Crippen molar-refractivity contribution in [2.45, 2.75) is 55.8 Å². The van der Waals surface area contributed by atoms with E-state index in [1.54, 1.807) is 19.1 Å². The minimum Gasteiger partial charge on any atom is -0.351 e. The number of aromatic nitrogens is 2. The van der Waals surface area contributed by atoms with E-state index in [2.05, 4.69) is 20.2 Å². The van der Waals surface area contributed by atoms with Gasteiger partial charge in [-0.05, 0) is 25.0 Å². The Labute approximate surface area is 150 Å². The average Bonchev–Trinajstić information content (AvgIpc) is 3.25. The van der Waals surface area contributed by atoms with Crippen LogP contribution in [-0.2, 0) is 26.9 Å². The zero-order valence-electron chi connectivity index (χ0n) is 14.0. The van der Waals surface area contributed by atoms with E-state index in [0.29, 0.717) is 31.1 Å². The lowest BCUT2D eigenvalue weighted by Crippen LogP contribution is -2.44. The first-order valence-electron chi connectivity index (χ1n) is 7.99. The molecular formula is C15H20N4O4S2. The third-order valence-electron chi connectivity index (χ3n) is 4.16. The maximum Gasteiger partial charge on any atom is 0.250 e. The van der Waals surface area contributed by atoms with Crippen molar-refractivity contribution >= 4 is 27.3 Å². The van der Waals surface area contributed by atoms with Crippen molar-refractivity contribution in [1.29, 1.82) is 0 Å². The second kappa shape index (κ2) is 6.85. The van der Waals surface area contributed by atoms with Crippen molar-refractivity contribution in [2.24, 2.45) is 0 Å². The van der Waals surface area contributed by atoms with E-state index >= 15 is 0 Å². The van der Waals surface area contributed by atoms with Crippen LogP contribution < -0.4 is 10.0 Å². The Morgan fingerprint density at radius 3 is 2.68 bits per heavy atom. The number of nitrogens with zero attached hydrogens (tertiary/aromatic N) is 2. The number of sulfonamides is 1. The SMILES string of the molecule is CC(=O)NCc1ccc(S(=O)(=O)NC2(c3noc(C)n3)CCCC2)s1. The van der Waals surface area contributed by atoms with Gasteiger partial charge >= 0.3 is 0 Å². The molecule has 1 amide bonds. The van der Waals surface area contributed by atoms with Gasteiger partial charge in [0.25, 0.3) is 10.0 Å². The van der Waals surface area contributed by atoms with E-state index in [-0.39, 0.29) is 10.1 Å². The first-order valence-corrected chi connectivity index (χ1v) is 10.3. The molecule has 0 bridgehead atoms. The first-order chi connectivity index (χ1) is 11.8. The van der Waals surface area contributed by atoms with Crippen molar-refractivity contribution < 1.29 is 17.7 Å². The van der Waals surface area contributed by atoms with Gasteiger partial charge in [-0.25, -0.2) is 8.42 Å². The normalized spacial score (nSPS) is 16.9. The fourth-order valence-electron chi connectivity index (χ4n) is 2.96. The summed E-state index contributed by atoms with van der Waals surface area (Å²) in [7, 11) is -3.72. The van der Waals surface area contributed by atoms with Crippen molar-refractivity contribution in [2.75, 3.05) is 0 Å². The summed E-state index contributed by atoms with van der Waals surface area (Å²) < 4.78 is 33.8. The second-order valence-electron chi connectivity index (χ2n) is 6.16. The van der Waals surface area contributed by atoms with Crippen LogP contribution >= 0.6 is 11.3 Å². The number of rotatable bonds is 6. The van der Waals surface area contributed by atoms with Crippen LogP contribution in [0.4, 0.5) is 0 Å². The number of hydrogen-bond acceptors (Lipinski definition) is 7. The molecule has 0 atom stereocenters. The maximum atomic E-state index is 12.9. The number of aryl methyl sites for hydroxylation is 1. The standard InChI is InChI=1S/C15H20N4O4S2/c1-10(20)16-9-12-5-6-13(24-12)25(21,22)19-15(7-3-4-8-15)14-17-11(2)23-18-14/h5-6,19H,3-4,7-9H2,1-2H3,(H,16,20). The van der Waals surface area contributed by atoms with Crippen LogP contribution in [0.3, 0.4) is 0 Å². The van der Waals surface area contributed by atoms with E-state index < -0.39 is 15.6 Å². The molecule has 0 radical (unpaired) electrons. The summed E-state index contributed by atoms with van der Waals surface area (Å²) in [5, 5.41) is 6.60. The number of hydrogen-bond donors (Lipinski definition) is 2. The largest absolute Gasteiger partial charge is 0.351 e. The van der Waals surface area contributed by atoms with E-state index in [9.17, 15) is 13.2 Å². The number of thiophene rings is 1. The van der Waals surface area contributed by atoms with Crippen LogP contribution in [0, 0.1) is 6.92 Å². The van der Waals surface area contributed by atoms with Crippen LogP contribution in [0.2, 0.25) is 0 Å². The van der Waals surface area contributed by atoms with Gasteiger partial charge < -0.3 is 9.84 Å². The van der Waals surface area contributed by atoms with Crippen molar-refractivity contribution in [3.63, 3.8) is 0 Å². The Balaban J connectivity index is 1.83. The lowest BCUT2D eigenvalue weighted by molar-refractivity contribution is -0.119. The Hall–Kier alpha value is -1.78. The summed E-state index contributed by atoms with van der Waals surface area (Å²) in [4.78, 5) is 16.0. The van der Waals surface area contributed by atoms with E-state index in [0.717, 1.165) is 29.1 Å². The molecule has 136 valence electrons. The molecular weight excluding hydrogens is 364 g/mol. The maximum absolute atomic E-state index is 12.9. The number of carbonyl (C=O) groups is 1. The molecule has 0 aromatic carbocycles. The zero-order chi connectivity index (χ0) is 18.1. The summed E-state index contributed by atoms with van der Waals surface area (Å²) in [6.07, 6.45) is 3.06. The lowest BCUT2D eigenvalue weighted by Gasteiger charge is -2.25. The molecule has 0 unspecified atom stereocenters. The molecule has 1 aliphatic carbocycles. The van der Waals surface area contributed by atoms with Gasteiger partial charge in [0.1, 0.15) is 4.21 Å². The van der Waals surface area contributed by atoms with Crippen molar-refractivity contribution in [3.05, 3.63) is 28.7 Å². The summed E-state index contributed by atoms with van der Waals surface area (Å²) in [6.45, 7) is 3.41. The predicted molar refractivity (Wildman–Crippen MR) is 91.3 cm³/mol. The van der Waals surface area contributed by atoms with Crippen molar-refractivity contribution in [3.8, 4) is 0 Å². The van der Waals surface area contributed by atoms with Crippen LogP contribution in [0.1, 0.15) is 49.2 Å². The van der Waals surface area contributed by atoms with Gasteiger partial charge in [-0.1, -0.05) is 18.0 Å². The van der Waals surface area contributed by atoms with E-state index in [1.807, 2.05) is 0 Å². The fourth-order valence-corrected chi connectivity index (χ4v) is 5.68. The van der Waals surface area contributed by atoms with E-state index in [1.165, 1.54) is 6.92 Å². The van der Waals surface area contributed by atoms with Gasteiger partial charge in [0.15, 0.2) is 5.82 Å². The summed E-state index contributed by atoms with van der Waals surface area (Å²) >= 11 is 1.13. The highest BCUT2D eigenvalue weighted by Gasteiger charge is 2.43. The van der Waals surface area contributed by atoms with Crippen LogP contribution in [-0.4, -0.2) is 24.5 Å².